The molecule has 1 aromatic heterocycles. The van der Waals surface area contributed by atoms with Gasteiger partial charge in [-0.25, -0.2) is 13.1 Å². The Kier molecular flexibility index (Phi) is 4.21. The van der Waals surface area contributed by atoms with E-state index in [1.54, 1.807) is 18.5 Å². The number of sulfonamides is 1. The smallest absolute Gasteiger partial charge is 0.240 e. The van der Waals surface area contributed by atoms with E-state index in [1.165, 1.54) is 18.2 Å². The first kappa shape index (κ1) is 14.3. The number of nitrogens with one attached hydrogen (secondary N) is 1. The first-order valence-corrected chi connectivity index (χ1v) is 7.44. The number of nitrogens with two attached hydrogens (primary N) is 1. The summed E-state index contributed by atoms with van der Waals surface area (Å²) in [4.78, 5) is 3.98. The summed E-state index contributed by atoms with van der Waals surface area (Å²) < 4.78 is 26.5. The van der Waals surface area contributed by atoms with Crippen LogP contribution in [0, 0.1) is 0 Å². The molecule has 0 radical (unpaired) electrons. The van der Waals surface area contributed by atoms with Crippen molar-refractivity contribution in [1.82, 2.24) is 9.71 Å². The lowest BCUT2D eigenvalue weighted by Gasteiger charge is -2.08. The predicted octanol–water partition coefficient (Wildman–Crippen LogP) is 0.890. The van der Waals surface area contributed by atoms with Crippen LogP contribution in [0.4, 0.5) is 5.69 Å². The Bertz CT molecular complexity index is 687. The topological polar surface area (TPSA) is 105 Å². The second-order valence-electron chi connectivity index (χ2n) is 4.23. The van der Waals surface area contributed by atoms with E-state index in [0.29, 0.717) is 6.42 Å². The van der Waals surface area contributed by atoms with Gasteiger partial charge >= 0.3 is 0 Å². The number of aromatic hydroxyl groups is 1. The summed E-state index contributed by atoms with van der Waals surface area (Å²) in [6.07, 6.45) is 3.89. The van der Waals surface area contributed by atoms with Gasteiger partial charge in [0.2, 0.25) is 10.0 Å². The zero-order valence-corrected chi connectivity index (χ0v) is 11.5. The highest BCUT2D eigenvalue weighted by Gasteiger charge is 2.14. The molecular formula is C13H15N3O3S. The second kappa shape index (κ2) is 5.89. The molecule has 1 heterocycles. The predicted molar refractivity (Wildman–Crippen MR) is 75.6 cm³/mol. The van der Waals surface area contributed by atoms with Crippen molar-refractivity contribution in [2.24, 2.45) is 0 Å². The van der Waals surface area contributed by atoms with Crippen LogP contribution in [0.5, 0.6) is 5.75 Å². The number of pyridine rings is 1. The van der Waals surface area contributed by atoms with E-state index < -0.39 is 10.0 Å². The van der Waals surface area contributed by atoms with E-state index in [1.807, 2.05) is 6.07 Å². The number of benzene rings is 1. The Morgan fingerprint density at radius 2 is 2.10 bits per heavy atom. The van der Waals surface area contributed by atoms with Crippen LogP contribution in [0.15, 0.2) is 47.6 Å². The van der Waals surface area contributed by atoms with Gasteiger partial charge in [-0.2, -0.15) is 0 Å². The molecule has 0 fully saturated rings. The summed E-state index contributed by atoms with van der Waals surface area (Å²) in [5, 5.41) is 9.29. The number of rotatable bonds is 5. The zero-order valence-electron chi connectivity index (χ0n) is 10.7. The van der Waals surface area contributed by atoms with Crippen molar-refractivity contribution in [3.05, 3.63) is 48.3 Å². The van der Waals surface area contributed by atoms with Gasteiger partial charge in [0.15, 0.2) is 0 Å². The number of nitrogen functional groups attached to an aromatic ring is 1. The van der Waals surface area contributed by atoms with E-state index >= 15 is 0 Å². The number of hydrogen-bond acceptors (Lipinski definition) is 5. The quantitative estimate of drug-likeness (QED) is 0.561. The minimum Gasteiger partial charge on any atom is -0.506 e. The molecule has 20 heavy (non-hydrogen) atoms. The van der Waals surface area contributed by atoms with Crippen molar-refractivity contribution in [3.8, 4) is 5.75 Å². The minimum absolute atomic E-state index is 0.0268. The average molecular weight is 293 g/mol. The molecule has 0 bridgehead atoms. The fourth-order valence-electron chi connectivity index (χ4n) is 1.66. The summed E-state index contributed by atoms with van der Waals surface area (Å²) >= 11 is 0. The molecule has 6 nitrogen and oxygen atoms in total. The lowest BCUT2D eigenvalue weighted by molar-refractivity contribution is 0.477. The Morgan fingerprint density at radius 1 is 1.30 bits per heavy atom. The highest BCUT2D eigenvalue weighted by molar-refractivity contribution is 7.89. The molecule has 0 saturated carbocycles. The fraction of sp³-hybridized carbons (Fsp3) is 0.154. The van der Waals surface area contributed by atoms with Gasteiger partial charge in [0, 0.05) is 18.9 Å². The summed E-state index contributed by atoms with van der Waals surface area (Å²) in [6.45, 7) is 0.259. The molecule has 0 amide bonds. The molecule has 7 heteroatoms. The van der Waals surface area contributed by atoms with E-state index in [2.05, 4.69) is 9.71 Å². The lowest BCUT2D eigenvalue weighted by atomic mass is 10.2. The lowest BCUT2D eigenvalue weighted by Crippen LogP contribution is -2.26. The van der Waals surface area contributed by atoms with Crippen molar-refractivity contribution in [2.75, 3.05) is 12.3 Å². The summed E-state index contributed by atoms with van der Waals surface area (Å²) in [5.74, 6) is -0.140. The number of phenolic OH excluding ortho intramolecular Hbond substituents is 1. The van der Waals surface area contributed by atoms with Crippen LogP contribution in [0.25, 0.3) is 0 Å². The molecule has 0 saturated heterocycles. The number of hydrogen-bond donors (Lipinski definition) is 3. The highest BCUT2D eigenvalue weighted by Crippen LogP contribution is 2.22. The van der Waals surface area contributed by atoms with E-state index in [-0.39, 0.29) is 22.9 Å². The summed E-state index contributed by atoms with van der Waals surface area (Å²) in [6, 6.07) is 7.45. The van der Waals surface area contributed by atoms with Crippen LogP contribution in [-0.2, 0) is 16.4 Å². The Morgan fingerprint density at radius 3 is 2.75 bits per heavy atom. The highest BCUT2D eigenvalue weighted by atomic mass is 32.2. The Hall–Kier alpha value is -2.12. The maximum absolute atomic E-state index is 12.0. The first-order chi connectivity index (χ1) is 9.49. The molecule has 106 valence electrons. The first-order valence-electron chi connectivity index (χ1n) is 5.96. The number of anilines is 1. The van der Waals surface area contributed by atoms with Gasteiger partial charge in [0.05, 0.1) is 10.6 Å². The van der Waals surface area contributed by atoms with E-state index in [0.717, 1.165) is 5.56 Å². The molecule has 2 aromatic rings. The van der Waals surface area contributed by atoms with E-state index in [4.69, 9.17) is 5.73 Å². The molecule has 0 aliphatic rings. The van der Waals surface area contributed by atoms with Crippen molar-refractivity contribution >= 4 is 15.7 Å². The van der Waals surface area contributed by atoms with Gasteiger partial charge in [-0.1, -0.05) is 6.07 Å². The van der Waals surface area contributed by atoms with Gasteiger partial charge in [-0.15, -0.1) is 0 Å². The molecule has 0 aliphatic carbocycles. The minimum atomic E-state index is -3.63. The van der Waals surface area contributed by atoms with Crippen molar-refractivity contribution in [2.45, 2.75) is 11.3 Å². The number of phenols is 1. The van der Waals surface area contributed by atoms with Crippen molar-refractivity contribution < 1.29 is 13.5 Å². The molecule has 0 atom stereocenters. The second-order valence-corrected chi connectivity index (χ2v) is 6.00. The van der Waals surface area contributed by atoms with Crippen LogP contribution in [0.1, 0.15) is 5.56 Å². The molecule has 2 rings (SSSR count). The van der Waals surface area contributed by atoms with Gasteiger partial charge < -0.3 is 10.8 Å². The van der Waals surface area contributed by atoms with Gasteiger partial charge in [-0.3, -0.25) is 4.98 Å². The summed E-state index contributed by atoms with van der Waals surface area (Å²) in [7, 11) is -3.63. The van der Waals surface area contributed by atoms with Crippen LogP contribution in [0.2, 0.25) is 0 Å². The van der Waals surface area contributed by atoms with Crippen LogP contribution < -0.4 is 10.5 Å². The molecule has 0 unspecified atom stereocenters. The molecule has 4 N–H and O–H groups in total. The normalized spacial score (nSPS) is 11.4. The largest absolute Gasteiger partial charge is 0.506 e. The third-order valence-electron chi connectivity index (χ3n) is 2.74. The maximum Gasteiger partial charge on any atom is 0.240 e. The Labute approximate surface area is 117 Å². The molecule has 1 aromatic carbocycles. The average Bonchev–Trinajstić information content (AvgIpc) is 2.43. The van der Waals surface area contributed by atoms with Crippen LogP contribution in [0.3, 0.4) is 0 Å². The Balaban J connectivity index is 2.02. The van der Waals surface area contributed by atoms with E-state index in [9.17, 15) is 13.5 Å². The van der Waals surface area contributed by atoms with Crippen LogP contribution >= 0.6 is 0 Å². The van der Waals surface area contributed by atoms with Gasteiger partial charge in [-0.05, 0) is 36.2 Å². The number of nitrogens with zero attached hydrogens (tertiary/aromatic N) is 1. The fourth-order valence-corrected chi connectivity index (χ4v) is 2.73. The number of aromatic nitrogens is 1. The molecule has 0 spiro atoms. The monoisotopic (exact) mass is 293 g/mol. The van der Waals surface area contributed by atoms with Crippen molar-refractivity contribution in [3.63, 3.8) is 0 Å². The maximum atomic E-state index is 12.0. The SMILES string of the molecule is Nc1cc(S(=O)(=O)NCCc2cccnc2)ccc1O. The molecule has 0 aliphatic heterocycles. The molecular weight excluding hydrogens is 278 g/mol. The third-order valence-corrected chi connectivity index (χ3v) is 4.20. The van der Waals surface area contributed by atoms with Crippen LogP contribution in [-0.4, -0.2) is 25.1 Å². The zero-order chi connectivity index (χ0) is 14.6. The standard InChI is InChI=1S/C13H15N3O3S/c14-12-8-11(3-4-13(12)17)20(18,19)16-7-5-10-2-1-6-15-9-10/h1-4,6,8-9,16-17H,5,7,14H2. The van der Waals surface area contributed by atoms with Gasteiger partial charge in [0.25, 0.3) is 0 Å². The third kappa shape index (κ3) is 3.46. The summed E-state index contributed by atoms with van der Waals surface area (Å²) in [5.41, 5.74) is 6.46. The van der Waals surface area contributed by atoms with Gasteiger partial charge in [0.1, 0.15) is 5.75 Å². The van der Waals surface area contributed by atoms with Crippen molar-refractivity contribution in [1.29, 1.82) is 0 Å².